The van der Waals surface area contributed by atoms with Crippen LogP contribution in [0.2, 0.25) is 5.02 Å². The van der Waals surface area contributed by atoms with Gasteiger partial charge in [-0.3, -0.25) is 10.1 Å². The van der Waals surface area contributed by atoms with Gasteiger partial charge in [0.1, 0.15) is 12.0 Å². The molecule has 1 aromatic heterocycles. The third kappa shape index (κ3) is 3.35. The summed E-state index contributed by atoms with van der Waals surface area (Å²) in [5, 5.41) is 14.2. The molecular formula is C13H18ClN3O2. The van der Waals surface area contributed by atoms with E-state index in [2.05, 4.69) is 24.1 Å². The summed E-state index contributed by atoms with van der Waals surface area (Å²) < 4.78 is 0. The normalized spacial score (nSPS) is 27.0. The standard InChI is InChI=1S/C13H18ClN3O2/c1-8-3-4-10(5-9(8)2)16-13-12(14)6-11(7-15-13)17(18)19/h6-10H,3-5H2,1-2H3,(H,15,16). The van der Waals surface area contributed by atoms with Crippen LogP contribution in [0, 0.1) is 22.0 Å². The highest BCUT2D eigenvalue weighted by Crippen LogP contribution is 2.32. The Morgan fingerprint density at radius 2 is 2.16 bits per heavy atom. The maximum atomic E-state index is 10.6. The van der Waals surface area contributed by atoms with Crippen molar-refractivity contribution in [3.05, 3.63) is 27.4 Å². The van der Waals surface area contributed by atoms with Gasteiger partial charge in [0, 0.05) is 12.1 Å². The maximum Gasteiger partial charge on any atom is 0.289 e. The van der Waals surface area contributed by atoms with Crippen LogP contribution in [0.3, 0.4) is 0 Å². The van der Waals surface area contributed by atoms with Crippen molar-refractivity contribution < 1.29 is 4.92 Å². The number of nitro groups is 1. The van der Waals surface area contributed by atoms with Crippen molar-refractivity contribution in [1.82, 2.24) is 4.98 Å². The van der Waals surface area contributed by atoms with Gasteiger partial charge in [0.05, 0.1) is 9.95 Å². The van der Waals surface area contributed by atoms with Crippen LogP contribution in [-0.2, 0) is 0 Å². The Labute approximate surface area is 117 Å². The molecule has 0 aliphatic heterocycles. The molecule has 1 heterocycles. The zero-order valence-electron chi connectivity index (χ0n) is 11.1. The van der Waals surface area contributed by atoms with E-state index in [0.717, 1.165) is 18.8 Å². The molecule has 2 rings (SSSR count). The minimum atomic E-state index is -0.493. The van der Waals surface area contributed by atoms with Crippen molar-refractivity contribution in [2.45, 2.75) is 39.2 Å². The zero-order chi connectivity index (χ0) is 14.0. The molecule has 1 aliphatic rings. The average Bonchev–Trinajstić information content (AvgIpc) is 2.36. The Balaban J connectivity index is 2.05. The summed E-state index contributed by atoms with van der Waals surface area (Å²) in [6.45, 7) is 4.53. The summed E-state index contributed by atoms with van der Waals surface area (Å²) in [5.41, 5.74) is -0.0822. The molecule has 104 valence electrons. The molecule has 3 atom stereocenters. The van der Waals surface area contributed by atoms with Crippen LogP contribution in [-0.4, -0.2) is 15.9 Å². The second-order valence-corrected chi connectivity index (χ2v) is 5.80. The van der Waals surface area contributed by atoms with E-state index in [4.69, 9.17) is 11.6 Å². The van der Waals surface area contributed by atoms with Crippen molar-refractivity contribution in [3.8, 4) is 0 Å². The molecule has 1 saturated carbocycles. The van der Waals surface area contributed by atoms with E-state index in [-0.39, 0.29) is 5.69 Å². The number of hydrogen-bond donors (Lipinski definition) is 1. The molecular weight excluding hydrogens is 266 g/mol. The maximum absolute atomic E-state index is 10.6. The van der Waals surface area contributed by atoms with Crippen LogP contribution in [0.5, 0.6) is 0 Å². The summed E-state index contributed by atoms with van der Waals surface area (Å²) in [7, 11) is 0. The van der Waals surface area contributed by atoms with Crippen molar-refractivity contribution in [1.29, 1.82) is 0 Å². The first-order valence-electron chi connectivity index (χ1n) is 6.54. The van der Waals surface area contributed by atoms with E-state index >= 15 is 0 Å². The summed E-state index contributed by atoms with van der Waals surface area (Å²) >= 11 is 6.03. The van der Waals surface area contributed by atoms with Gasteiger partial charge in [-0.2, -0.15) is 0 Å². The third-order valence-electron chi connectivity index (χ3n) is 3.98. The molecule has 0 aromatic carbocycles. The molecule has 0 radical (unpaired) electrons. The molecule has 1 fully saturated rings. The summed E-state index contributed by atoms with van der Waals surface area (Å²) in [6.07, 6.45) is 4.59. The lowest BCUT2D eigenvalue weighted by molar-refractivity contribution is -0.385. The number of anilines is 1. The molecule has 19 heavy (non-hydrogen) atoms. The van der Waals surface area contributed by atoms with Crippen LogP contribution in [0.1, 0.15) is 33.1 Å². The molecule has 6 heteroatoms. The number of rotatable bonds is 3. The molecule has 3 unspecified atom stereocenters. The molecule has 5 nitrogen and oxygen atoms in total. The van der Waals surface area contributed by atoms with Crippen molar-refractivity contribution in [2.24, 2.45) is 11.8 Å². The SMILES string of the molecule is CC1CCC(Nc2ncc([N+](=O)[O-])cc2Cl)CC1C. The topological polar surface area (TPSA) is 68.1 Å². The van der Waals surface area contributed by atoms with Crippen molar-refractivity contribution in [2.75, 3.05) is 5.32 Å². The summed E-state index contributed by atoms with van der Waals surface area (Å²) in [4.78, 5) is 14.2. The Morgan fingerprint density at radius 3 is 2.74 bits per heavy atom. The minimum absolute atomic E-state index is 0.0822. The average molecular weight is 284 g/mol. The number of halogens is 1. The van der Waals surface area contributed by atoms with E-state index < -0.39 is 4.92 Å². The molecule has 1 N–H and O–H groups in total. The van der Waals surface area contributed by atoms with Gasteiger partial charge in [-0.25, -0.2) is 4.98 Å². The van der Waals surface area contributed by atoms with Gasteiger partial charge in [-0.15, -0.1) is 0 Å². The smallest absolute Gasteiger partial charge is 0.289 e. The fourth-order valence-corrected chi connectivity index (χ4v) is 2.72. The molecule has 0 bridgehead atoms. The van der Waals surface area contributed by atoms with Crippen LogP contribution >= 0.6 is 11.6 Å². The lowest BCUT2D eigenvalue weighted by Crippen LogP contribution is -2.30. The second kappa shape index (κ2) is 5.74. The third-order valence-corrected chi connectivity index (χ3v) is 4.26. The highest BCUT2D eigenvalue weighted by atomic mass is 35.5. The van der Waals surface area contributed by atoms with E-state index in [1.165, 1.54) is 18.7 Å². The Hall–Kier alpha value is -1.36. The fraction of sp³-hybridized carbons (Fsp3) is 0.615. The first kappa shape index (κ1) is 14.1. The van der Waals surface area contributed by atoms with Crippen molar-refractivity contribution >= 4 is 23.1 Å². The number of hydrogen-bond acceptors (Lipinski definition) is 4. The van der Waals surface area contributed by atoms with Gasteiger partial charge in [-0.05, 0) is 31.1 Å². The highest BCUT2D eigenvalue weighted by Gasteiger charge is 2.25. The lowest BCUT2D eigenvalue weighted by atomic mass is 9.79. The van der Waals surface area contributed by atoms with Gasteiger partial charge < -0.3 is 5.32 Å². The fourth-order valence-electron chi connectivity index (χ4n) is 2.51. The van der Waals surface area contributed by atoms with E-state index in [9.17, 15) is 10.1 Å². The largest absolute Gasteiger partial charge is 0.366 e. The van der Waals surface area contributed by atoms with E-state index in [1.54, 1.807) is 0 Å². The van der Waals surface area contributed by atoms with Crippen molar-refractivity contribution in [3.63, 3.8) is 0 Å². The van der Waals surface area contributed by atoms with Crippen LogP contribution < -0.4 is 5.32 Å². The zero-order valence-corrected chi connectivity index (χ0v) is 11.9. The van der Waals surface area contributed by atoms with Crippen LogP contribution in [0.25, 0.3) is 0 Å². The van der Waals surface area contributed by atoms with Crippen LogP contribution in [0.15, 0.2) is 12.3 Å². The first-order chi connectivity index (χ1) is 8.97. The van der Waals surface area contributed by atoms with Gasteiger partial charge in [-0.1, -0.05) is 25.4 Å². The van der Waals surface area contributed by atoms with Gasteiger partial charge in [0.15, 0.2) is 0 Å². The molecule has 0 saturated heterocycles. The first-order valence-corrected chi connectivity index (χ1v) is 6.91. The van der Waals surface area contributed by atoms with Gasteiger partial charge in [0.2, 0.25) is 0 Å². The number of pyridine rings is 1. The summed E-state index contributed by atoms with van der Waals surface area (Å²) in [5.74, 6) is 1.96. The molecule has 1 aromatic rings. The van der Waals surface area contributed by atoms with Gasteiger partial charge in [0.25, 0.3) is 5.69 Å². The number of aromatic nitrogens is 1. The predicted molar refractivity (Wildman–Crippen MR) is 75.5 cm³/mol. The Morgan fingerprint density at radius 1 is 1.42 bits per heavy atom. The second-order valence-electron chi connectivity index (χ2n) is 5.39. The Kier molecular flexibility index (Phi) is 4.24. The molecule has 0 spiro atoms. The summed E-state index contributed by atoms with van der Waals surface area (Å²) in [6, 6.07) is 1.68. The van der Waals surface area contributed by atoms with Gasteiger partial charge >= 0.3 is 0 Å². The molecule has 0 amide bonds. The predicted octanol–water partition coefficient (Wildman–Crippen LogP) is 3.88. The number of nitrogens with one attached hydrogen (secondary N) is 1. The number of nitrogens with zero attached hydrogens (tertiary/aromatic N) is 2. The Bertz CT molecular complexity index is 481. The minimum Gasteiger partial charge on any atom is -0.366 e. The lowest BCUT2D eigenvalue weighted by Gasteiger charge is -2.32. The molecule has 1 aliphatic carbocycles. The van der Waals surface area contributed by atoms with E-state index in [1.807, 2.05) is 0 Å². The monoisotopic (exact) mass is 283 g/mol. The van der Waals surface area contributed by atoms with E-state index in [0.29, 0.717) is 22.8 Å². The van der Waals surface area contributed by atoms with Crippen LogP contribution in [0.4, 0.5) is 11.5 Å². The highest BCUT2D eigenvalue weighted by molar-refractivity contribution is 6.33. The quantitative estimate of drug-likeness (QED) is 0.675.